The van der Waals surface area contributed by atoms with Crippen LogP contribution in [0.5, 0.6) is 0 Å². The molecule has 1 unspecified atom stereocenters. The largest absolute Gasteiger partial charge is 0.463 e. The topological polar surface area (TPSA) is 128 Å². The van der Waals surface area contributed by atoms with E-state index in [2.05, 4.69) is 13.5 Å². The van der Waals surface area contributed by atoms with Crippen LogP contribution in [0.4, 0.5) is 0 Å². The van der Waals surface area contributed by atoms with Gasteiger partial charge in [-0.1, -0.05) is 32.8 Å². The molecule has 0 aliphatic heterocycles. The summed E-state index contributed by atoms with van der Waals surface area (Å²) in [6.07, 6.45) is 5.54. The van der Waals surface area contributed by atoms with Gasteiger partial charge in [0.15, 0.2) is 0 Å². The van der Waals surface area contributed by atoms with Gasteiger partial charge in [0, 0.05) is 0 Å². The molecule has 0 heterocycles. The molecule has 13 heteroatoms. The third kappa shape index (κ3) is 35.6. The van der Waals surface area contributed by atoms with E-state index in [0.29, 0.717) is 145 Å². The molecule has 0 aliphatic rings. The van der Waals surface area contributed by atoms with Gasteiger partial charge >= 0.3 is 5.97 Å². The molecule has 0 aliphatic carbocycles. The van der Waals surface area contributed by atoms with E-state index in [0.717, 1.165) is 25.7 Å². The molecule has 0 N–H and O–H groups in total. The molecule has 1 atom stereocenters. The van der Waals surface area contributed by atoms with E-state index >= 15 is 0 Å². The minimum Gasteiger partial charge on any atom is -0.463 e. The second kappa shape index (κ2) is 39.9. The Kier molecular flexibility index (Phi) is 38.9. The van der Waals surface area contributed by atoms with E-state index < -0.39 is 0 Å². The Morgan fingerprint density at radius 2 is 0.761 bits per heavy atom. The van der Waals surface area contributed by atoms with Crippen LogP contribution in [0.25, 0.3) is 0 Å². The van der Waals surface area contributed by atoms with Crippen molar-refractivity contribution in [2.45, 2.75) is 39.5 Å². The smallest absolute Gasteiger partial charge is 0.308 e. The quantitative estimate of drug-likeness (QED) is 0.0540. The summed E-state index contributed by atoms with van der Waals surface area (Å²) in [7, 11) is 0. The molecular weight excluding hydrogens is 604 g/mol. The molecule has 0 aromatic heterocycles. The highest BCUT2D eigenvalue weighted by molar-refractivity contribution is 5.72. The fourth-order valence-corrected chi connectivity index (χ4v) is 3.62. The Bertz CT molecular complexity index is 612. The first-order chi connectivity index (χ1) is 22.8. The molecule has 46 heavy (non-hydrogen) atoms. The molecular formula is C33H64O13. The maximum Gasteiger partial charge on any atom is 0.308 e. The van der Waals surface area contributed by atoms with Gasteiger partial charge in [0.05, 0.1) is 151 Å². The van der Waals surface area contributed by atoms with E-state index in [1.54, 1.807) is 6.08 Å². The summed E-state index contributed by atoms with van der Waals surface area (Å²) in [6, 6.07) is 0. The summed E-state index contributed by atoms with van der Waals surface area (Å²) < 4.78 is 65.0. The van der Waals surface area contributed by atoms with Crippen LogP contribution in [0.3, 0.4) is 0 Å². The van der Waals surface area contributed by atoms with Gasteiger partial charge in [0.2, 0.25) is 0 Å². The maximum atomic E-state index is 12.0. The molecule has 13 nitrogen and oxygen atoms in total. The summed E-state index contributed by atoms with van der Waals surface area (Å²) in [5.74, 6) is -0.124. The normalized spacial score (nSPS) is 12.0. The summed E-state index contributed by atoms with van der Waals surface area (Å²) in [4.78, 5) is 12.0. The molecule has 0 amide bonds. The Hall–Kier alpha value is -1.23. The van der Waals surface area contributed by atoms with Crippen molar-refractivity contribution >= 4 is 5.97 Å². The average molecular weight is 669 g/mol. The van der Waals surface area contributed by atoms with Gasteiger partial charge < -0.3 is 56.8 Å². The first kappa shape index (κ1) is 44.8. The highest BCUT2D eigenvalue weighted by atomic mass is 16.6. The molecule has 274 valence electrons. The van der Waals surface area contributed by atoms with E-state index in [-0.39, 0.29) is 18.5 Å². The van der Waals surface area contributed by atoms with Crippen molar-refractivity contribution in [3.8, 4) is 0 Å². The van der Waals surface area contributed by atoms with Crippen molar-refractivity contribution in [1.29, 1.82) is 0 Å². The van der Waals surface area contributed by atoms with Crippen LogP contribution in [0.2, 0.25) is 0 Å². The highest BCUT2D eigenvalue weighted by Crippen LogP contribution is 2.14. The van der Waals surface area contributed by atoms with Crippen LogP contribution in [-0.2, 0) is 61.6 Å². The molecule has 0 saturated carbocycles. The van der Waals surface area contributed by atoms with Crippen LogP contribution >= 0.6 is 0 Å². The van der Waals surface area contributed by atoms with Gasteiger partial charge in [0.25, 0.3) is 0 Å². The summed E-state index contributed by atoms with van der Waals surface area (Å²) in [5, 5.41) is 0. The van der Waals surface area contributed by atoms with Crippen LogP contribution in [0, 0.1) is 5.92 Å². The van der Waals surface area contributed by atoms with Crippen molar-refractivity contribution in [1.82, 2.24) is 0 Å². The number of ether oxygens (including phenoxy) is 12. The van der Waals surface area contributed by atoms with Crippen LogP contribution in [-0.4, -0.2) is 158 Å². The lowest BCUT2D eigenvalue weighted by atomic mass is 10.00. The summed E-state index contributed by atoms with van der Waals surface area (Å²) >= 11 is 0. The number of rotatable bonds is 40. The molecule has 0 fully saturated rings. The predicted molar refractivity (Wildman–Crippen MR) is 173 cm³/mol. The SMILES string of the molecule is C=CCOCCOCCOCCOCCOCCOCCOCCOCCOCCOCCOCCOC(=O)C(CC)CCCC. The summed E-state index contributed by atoms with van der Waals surface area (Å²) in [6.45, 7) is 19.0. The summed E-state index contributed by atoms with van der Waals surface area (Å²) in [5.41, 5.74) is 0. The van der Waals surface area contributed by atoms with E-state index in [4.69, 9.17) is 56.8 Å². The fraction of sp³-hybridized carbons (Fsp3) is 0.909. The molecule has 0 aromatic carbocycles. The highest BCUT2D eigenvalue weighted by Gasteiger charge is 2.16. The van der Waals surface area contributed by atoms with Gasteiger partial charge in [-0.2, -0.15) is 0 Å². The van der Waals surface area contributed by atoms with Crippen molar-refractivity contribution in [2.75, 3.05) is 152 Å². The molecule has 0 spiro atoms. The first-order valence-electron chi connectivity index (χ1n) is 16.9. The van der Waals surface area contributed by atoms with Gasteiger partial charge in [-0.15, -0.1) is 6.58 Å². The van der Waals surface area contributed by atoms with E-state index in [1.165, 1.54) is 0 Å². The molecule has 0 aromatic rings. The Morgan fingerprint density at radius 3 is 1.02 bits per heavy atom. The standard InChI is InChI=1S/C33H64O13/c1-4-7-8-32(6-3)33(34)46-31-30-45-29-28-44-27-26-43-25-24-42-23-22-41-21-20-40-19-18-39-17-16-38-15-14-37-13-12-36-11-10-35-9-5-2/h5,32H,2,4,6-31H2,1,3H3. The van der Waals surface area contributed by atoms with Gasteiger partial charge in [0.1, 0.15) is 6.61 Å². The van der Waals surface area contributed by atoms with Crippen LogP contribution in [0.15, 0.2) is 12.7 Å². The Labute approximate surface area is 277 Å². The van der Waals surface area contributed by atoms with Crippen LogP contribution < -0.4 is 0 Å². The van der Waals surface area contributed by atoms with Crippen LogP contribution in [0.1, 0.15) is 39.5 Å². The van der Waals surface area contributed by atoms with Gasteiger partial charge in [-0.05, 0) is 12.8 Å². The predicted octanol–water partition coefficient (Wildman–Crippen LogP) is 3.11. The average Bonchev–Trinajstić information content (AvgIpc) is 3.06. The maximum absolute atomic E-state index is 12.0. The number of unbranched alkanes of at least 4 members (excludes halogenated alkanes) is 1. The second-order valence-corrected chi connectivity index (χ2v) is 9.90. The first-order valence-corrected chi connectivity index (χ1v) is 16.9. The van der Waals surface area contributed by atoms with Gasteiger partial charge in [-0.25, -0.2) is 0 Å². The monoisotopic (exact) mass is 668 g/mol. The lowest BCUT2D eigenvalue weighted by Gasteiger charge is -2.13. The van der Waals surface area contributed by atoms with Crippen molar-refractivity contribution in [3.63, 3.8) is 0 Å². The van der Waals surface area contributed by atoms with E-state index in [1.807, 2.05) is 6.92 Å². The zero-order chi connectivity index (χ0) is 33.4. The van der Waals surface area contributed by atoms with Crippen molar-refractivity contribution in [2.24, 2.45) is 5.92 Å². The zero-order valence-corrected chi connectivity index (χ0v) is 28.8. The Morgan fingerprint density at radius 1 is 0.478 bits per heavy atom. The number of carbonyl (C=O) groups excluding carboxylic acids is 1. The molecule has 0 saturated heterocycles. The molecule has 0 rings (SSSR count). The lowest BCUT2D eigenvalue weighted by Crippen LogP contribution is -2.20. The Balaban J connectivity index is 3.14. The minimum absolute atomic E-state index is 0.00335. The van der Waals surface area contributed by atoms with Crippen molar-refractivity contribution in [3.05, 3.63) is 12.7 Å². The molecule has 0 radical (unpaired) electrons. The number of hydrogen-bond acceptors (Lipinski definition) is 13. The van der Waals surface area contributed by atoms with Gasteiger partial charge in [-0.3, -0.25) is 4.79 Å². The number of hydrogen-bond donors (Lipinski definition) is 0. The second-order valence-electron chi connectivity index (χ2n) is 9.90. The minimum atomic E-state index is -0.120. The zero-order valence-electron chi connectivity index (χ0n) is 28.8. The number of esters is 1. The fourth-order valence-electron chi connectivity index (χ4n) is 3.62. The van der Waals surface area contributed by atoms with Crippen molar-refractivity contribution < 1.29 is 61.6 Å². The van der Waals surface area contributed by atoms with E-state index in [9.17, 15) is 4.79 Å². The third-order valence-corrected chi connectivity index (χ3v) is 6.16. The molecule has 0 bridgehead atoms. The third-order valence-electron chi connectivity index (χ3n) is 6.16. The lowest BCUT2D eigenvalue weighted by molar-refractivity contribution is -0.150. The number of carbonyl (C=O) groups is 1.